The normalized spacial score (nSPS) is 12.1. The fourth-order valence-corrected chi connectivity index (χ4v) is 6.65. The average Bonchev–Trinajstić information content (AvgIpc) is 3.45. The molecule has 1 heterocycles. The molecular weight excluding hydrogens is 544 g/mol. The van der Waals surface area contributed by atoms with E-state index in [0.717, 1.165) is 46.7 Å². The van der Waals surface area contributed by atoms with Gasteiger partial charge in [0, 0.05) is 22.6 Å². The molecule has 7 aromatic rings. The zero-order valence-electron chi connectivity index (χ0n) is 25.0. The molecule has 2 heteroatoms. The summed E-state index contributed by atoms with van der Waals surface area (Å²) in [6.45, 7) is 0. The minimum absolute atomic E-state index is 0.455. The Labute approximate surface area is 264 Å². The summed E-state index contributed by atoms with van der Waals surface area (Å²) >= 11 is 0. The van der Waals surface area contributed by atoms with Crippen molar-refractivity contribution < 1.29 is 0 Å². The molecule has 0 radical (unpaired) electrons. The molecule has 6 aromatic carbocycles. The van der Waals surface area contributed by atoms with Gasteiger partial charge in [-0.25, -0.2) is 9.97 Å². The van der Waals surface area contributed by atoms with Gasteiger partial charge in [-0.1, -0.05) is 158 Å². The van der Waals surface area contributed by atoms with Crippen molar-refractivity contribution in [1.82, 2.24) is 9.97 Å². The molecule has 0 atom stereocenters. The molecule has 0 spiro atoms. The Kier molecular flexibility index (Phi) is 7.09. The van der Waals surface area contributed by atoms with Crippen LogP contribution in [-0.4, -0.2) is 9.97 Å². The van der Waals surface area contributed by atoms with Crippen molar-refractivity contribution in [2.75, 3.05) is 0 Å². The van der Waals surface area contributed by atoms with E-state index in [1.807, 2.05) is 36.4 Å². The molecule has 0 fully saturated rings. The van der Waals surface area contributed by atoms with Gasteiger partial charge in [0.15, 0.2) is 5.82 Å². The van der Waals surface area contributed by atoms with Gasteiger partial charge in [0.1, 0.15) is 0 Å². The molecule has 0 N–H and O–H groups in total. The number of rotatable bonds is 7. The van der Waals surface area contributed by atoms with E-state index >= 15 is 0 Å². The monoisotopic (exact) mass is 576 g/mol. The van der Waals surface area contributed by atoms with Crippen LogP contribution in [0.15, 0.2) is 164 Å². The van der Waals surface area contributed by atoms with Crippen molar-refractivity contribution in [3.63, 3.8) is 0 Å². The summed E-state index contributed by atoms with van der Waals surface area (Å²) < 4.78 is 0. The van der Waals surface area contributed by atoms with E-state index in [-0.39, 0.29) is 0 Å². The molecule has 0 bridgehead atoms. The van der Waals surface area contributed by atoms with Crippen LogP contribution in [-0.2, 0) is 6.42 Å². The molecule has 0 amide bonds. The first-order chi connectivity index (χ1) is 22.3. The summed E-state index contributed by atoms with van der Waals surface area (Å²) in [6, 6.07) is 58.2. The van der Waals surface area contributed by atoms with Gasteiger partial charge in [-0.2, -0.15) is 0 Å². The standard InChI is InChI=1S/C43H32N2/c1-3-11-33(12-4-1)41-29-42(45-43(44-41)35-13-5-2-6-14-35)34-26-24-32(25-27-34)31-22-19-30(20-23-31)21-28-40-38-17-9-7-15-36(38)37-16-8-10-18-39(37)40/h1-20,22-27,29,40H,21,28H2. The fourth-order valence-electron chi connectivity index (χ4n) is 6.65. The summed E-state index contributed by atoms with van der Waals surface area (Å²) in [6.07, 6.45) is 2.16. The largest absolute Gasteiger partial charge is 0.228 e. The lowest BCUT2D eigenvalue weighted by Crippen LogP contribution is -1.99. The van der Waals surface area contributed by atoms with Crippen molar-refractivity contribution in [3.8, 4) is 56.2 Å². The summed E-state index contributed by atoms with van der Waals surface area (Å²) in [5, 5.41) is 0. The van der Waals surface area contributed by atoms with Crippen LogP contribution < -0.4 is 0 Å². The molecule has 0 aliphatic heterocycles. The van der Waals surface area contributed by atoms with Gasteiger partial charge in [0.2, 0.25) is 0 Å². The van der Waals surface area contributed by atoms with Gasteiger partial charge in [-0.05, 0) is 57.9 Å². The Bertz CT molecular complexity index is 1980. The van der Waals surface area contributed by atoms with Crippen molar-refractivity contribution in [1.29, 1.82) is 0 Å². The van der Waals surface area contributed by atoms with E-state index in [2.05, 4.69) is 127 Å². The SMILES string of the molecule is c1ccc(-c2cc(-c3ccc(-c4ccc(CCC5c6ccccc6-c6ccccc65)cc4)cc3)nc(-c3ccccc3)n2)cc1. The van der Waals surface area contributed by atoms with Crippen LogP contribution >= 0.6 is 0 Å². The lowest BCUT2D eigenvalue weighted by Gasteiger charge is -2.14. The van der Waals surface area contributed by atoms with Gasteiger partial charge in [-0.3, -0.25) is 0 Å². The van der Waals surface area contributed by atoms with Gasteiger partial charge in [0.05, 0.1) is 11.4 Å². The van der Waals surface area contributed by atoms with Crippen molar-refractivity contribution in [3.05, 3.63) is 180 Å². The smallest absolute Gasteiger partial charge is 0.160 e. The Morgan fingerprint density at radius 3 is 1.42 bits per heavy atom. The molecule has 0 unspecified atom stereocenters. The average molecular weight is 577 g/mol. The van der Waals surface area contributed by atoms with Crippen LogP contribution in [0.2, 0.25) is 0 Å². The lowest BCUT2D eigenvalue weighted by molar-refractivity contribution is 0.729. The van der Waals surface area contributed by atoms with Gasteiger partial charge in [-0.15, -0.1) is 0 Å². The second-order valence-corrected chi connectivity index (χ2v) is 11.7. The minimum atomic E-state index is 0.455. The first-order valence-electron chi connectivity index (χ1n) is 15.7. The molecule has 8 rings (SSSR count). The highest BCUT2D eigenvalue weighted by atomic mass is 14.9. The number of aryl methyl sites for hydroxylation is 1. The third-order valence-electron chi connectivity index (χ3n) is 8.98. The Hall–Kier alpha value is -5.60. The molecule has 214 valence electrons. The van der Waals surface area contributed by atoms with Crippen molar-refractivity contribution in [2.24, 2.45) is 0 Å². The number of benzene rings is 6. The number of aromatic nitrogens is 2. The van der Waals surface area contributed by atoms with E-state index in [1.54, 1.807) is 0 Å². The van der Waals surface area contributed by atoms with Crippen LogP contribution in [0.5, 0.6) is 0 Å². The minimum Gasteiger partial charge on any atom is -0.228 e. The van der Waals surface area contributed by atoms with E-state index < -0.39 is 0 Å². The fraction of sp³-hybridized carbons (Fsp3) is 0.0698. The van der Waals surface area contributed by atoms with Crippen LogP contribution in [0, 0.1) is 0 Å². The van der Waals surface area contributed by atoms with E-state index in [9.17, 15) is 0 Å². The van der Waals surface area contributed by atoms with Crippen LogP contribution in [0.4, 0.5) is 0 Å². The Balaban J connectivity index is 1.02. The zero-order chi connectivity index (χ0) is 30.0. The third-order valence-corrected chi connectivity index (χ3v) is 8.98. The summed E-state index contributed by atoms with van der Waals surface area (Å²) in [7, 11) is 0. The maximum Gasteiger partial charge on any atom is 0.160 e. The van der Waals surface area contributed by atoms with E-state index in [0.29, 0.717) is 5.92 Å². The number of hydrogen-bond acceptors (Lipinski definition) is 2. The molecule has 1 aliphatic carbocycles. The number of fused-ring (bicyclic) bond motifs is 3. The highest BCUT2D eigenvalue weighted by molar-refractivity contribution is 5.79. The van der Waals surface area contributed by atoms with Crippen molar-refractivity contribution >= 4 is 0 Å². The summed E-state index contributed by atoms with van der Waals surface area (Å²) in [5.74, 6) is 1.19. The van der Waals surface area contributed by atoms with Crippen LogP contribution in [0.3, 0.4) is 0 Å². The quantitative estimate of drug-likeness (QED) is 0.189. The lowest BCUT2D eigenvalue weighted by atomic mass is 9.90. The Morgan fingerprint density at radius 2 is 0.844 bits per heavy atom. The zero-order valence-corrected chi connectivity index (χ0v) is 25.0. The van der Waals surface area contributed by atoms with Crippen LogP contribution in [0.1, 0.15) is 29.0 Å². The molecule has 45 heavy (non-hydrogen) atoms. The summed E-state index contributed by atoms with van der Waals surface area (Å²) in [5.41, 5.74) is 14.5. The second kappa shape index (κ2) is 11.8. The predicted octanol–water partition coefficient (Wildman–Crippen LogP) is 10.9. The molecule has 2 nitrogen and oxygen atoms in total. The van der Waals surface area contributed by atoms with Gasteiger partial charge in [0.25, 0.3) is 0 Å². The number of nitrogens with zero attached hydrogens (tertiary/aromatic N) is 2. The first kappa shape index (κ1) is 27.0. The topological polar surface area (TPSA) is 25.8 Å². The molecule has 0 saturated heterocycles. The first-order valence-corrected chi connectivity index (χ1v) is 15.7. The highest BCUT2D eigenvalue weighted by Gasteiger charge is 2.27. The van der Waals surface area contributed by atoms with E-state index in [4.69, 9.17) is 9.97 Å². The molecule has 1 aromatic heterocycles. The predicted molar refractivity (Wildman–Crippen MR) is 186 cm³/mol. The third kappa shape index (κ3) is 5.36. The molecule has 1 aliphatic rings. The number of hydrogen-bond donors (Lipinski definition) is 0. The van der Waals surface area contributed by atoms with Gasteiger partial charge >= 0.3 is 0 Å². The highest BCUT2D eigenvalue weighted by Crippen LogP contribution is 2.46. The van der Waals surface area contributed by atoms with Gasteiger partial charge < -0.3 is 0 Å². The van der Waals surface area contributed by atoms with Crippen LogP contribution in [0.25, 0.3) is 56.2 Å². The summed E-state index contributed by atoms with van der Waals surface area (Å²) in [4.78, 5) is 9.91. The van der Waals surface area contributed by atoms with E-state index in [1.165, 1.54) is 38.9 Å². The second-order valence-electron chi connectivity index (χ2n) is 11.7. The molecule has 0 saturated carbocycles. The Morgan fingerprint density at radius 1 is 0.400 bits per heavy atom. The maximum absolute atomic E-state index is 4.98. The van der Waals surface area contributed by atoms with Crippen molar-refractivity contribution in [2.45, 2.75) is 18.8 Å². The molecular formula is C43H32N2. The maximum atomic E-state index is 4.98.